The lowest BCUT2D eigenvalue weighted by atomic mass is 10.1. The number of rotatable bonds is 13. The van der Waals surface area contributed by atoms with Gasteiger partial charge in [0.2, 0.25) is 5.91 Å². The van der Waals surface area contributed by atoms with Gasteiger partial charge < -0.3 is 20.1 Å². The van der Waals surface area contributed by atoms with E-state index in [1.54, 1.807) is 31.1 Å². The molecule has 0 saturated heterocycles. The molecule has 1 amide bonds. The molecule has 3 aromatic rings. The Morgan fingerprint density at radius 1 is 0.857 bits per heavy atom. The van der Waals surface area contributed by atoms with E-state index in [2.05, 4.69) is 29.6 Å². The van der Waals surface area contributed by atoms with Crippen LogP contribution in [0.4, 0.5) is 11.4 Å². The van der Waals surface area contributed by atoms with Crippen molar-refractivity contribution in [2.75, 3.05) is 30.9 Å². The van der Waals surface area contributed by atoms with E-state index in [1.807, 2.05) is 30.3 Å². The first kappa shape index (κ1) is 25.8. The third kappa shape index (κ3) is 8.49. The minimum atomic E-state index is -1.03. The number of hydrogen-bond acceptors (Lipinski definition) is 4. The maximum absolute atomic E-state index is 12.4. The molecule has 0 fully saturated rings. The Morgan fingerprint density at radius 2 is 1.57 bits per heavy atom. The highest BCUT2D eigenvalue weighted by atomic mass is 16.5. The van der Waals surface area contributed by atoms with Crippen LogP contribution in [-0.2, 0) is 17.6 Å². The Kier molecular flexibility index (Phi) is 9.72. The molecule has 0 aliphatic carbocycles. The standard InChI is InChI=1S/C29H34N2O4/c1-31(2)27-18-15-24(21-26(27)29(33)34)30-28(32)19-14-23-12-16-25(17-13-23)35-20-8-4-7-11-22-9-5-3-6-10-22/h3,5-6,9-10,12-13,15-18,21H,4,7-8,11,14,19-20H2,1-2H3,(H,30,32)(H,33,34). The second kappa shape index (κ2) is 13.2. The number of aryl methyl sites for hydroxylation is 2. The van der Waals surface area contributed by atoms with E-state index < -0.39 is 5.97 Å². The fraction of sp³-hybridized carbons (Fsp3) is 0.310. The normalized spacial score (nSPS) is 10.6. The van der Waals surface area contributed by atoms with Gasteiger partial charge in [-0.05, 0) is 73.6 Å². The van der Waals surface area contributed by atoms with E-state index in [0.717, 1.165) is 37.0 Å². The molecule has 0 aromatic heterocycles. The number of nitrogens with zero attached hydrogens (tertiary/aromatic N) is 1. The smallest absolute Gasteiger partial charge is 0.337 e. The summed E-state index contributed by atoms with van der Waals surface area (Å²) in [5.41, 5.74) is 3.64. The molecule has 0 aliphatic rings. The van der Waals surface area contributed by atoms with Crippen molar-refractivity contribution in [3.8, 4) is 5.75 Å². The average molecular weight is 475 g/mol. The zero-order chi connectivity index (χ0) is 25.0. The quantitative estimate of drug-likeness (QED) is 0.306. The Bertz CT molecular complexity index is 1100. The number of unbranched alkanes of at least 4 members (excludes halogenated alkanes) is 2. The number of ether oxygens (including phenoxy) is 1. The van der Waals surface area contributed by atoms with Gasteiger partial charge in [0.1, 0.15) is 5.75 Å². The molecule has 35 heavy (non-hydrogen) atoms. The first-order valence-corrected chi connectivity index (χ1v) is 12.0. The van der Waals surface area contributed by atoms with E-state index >= 15 is 0 Å². The molecule has 0 bridgehead atoms. The number of carbonyl (C=O) groups is 2. The minimum absolute atomic E-state index is 0.152. The summed E-state index contributed by atoms with van der Waals surface area (Å²) in [6.07, 6.45) is 5.31. The summed E-state index contributed by atoms with van der Waals surface area (Å²) in [6.45, 7) is 0.696. The predicted molar refractivity (Wildman–Crippen MR) is 141 cm³/mol. The summed E-state index contributed by atoms with van der Waals surface area (Å²) in [4.78, 5) is 25.6. The van der Waals surface area contributed by atoms with E-state index in [9.17, 15) is 14.7 Å². The number of carboxylic acids is 1. The van der Waals surface area contributed by atoms with Gasteiger partial charge in [-0.3, -0.25) is 4.79 Å². The maximum atomic E-state index is 12.4. The van der Waals surface area contributed by atoms with Crippen LogP contribution in [0.15, 0.2) is 72.8 Å². The maximum Gasteiger partial charge on any atom is 0.337 e. The fourth-order valence-electron chi connectivity index (χ4n) is 3.85. The highest BCUT2D eigenvalue weighted by Gasteiger charge is 2.13. The number of aromatic carboxylic acids is 1. The van der Waals surface area contributed by atoms with Crippen molar-refractivity contribution in [3.05, 3.63) is 89.5 Å². The topological polar surface area (TPSA) is 78.9 Å². The SMILES string of the molecule is CN(C)c1ccc(NC(=O)CCc2ccc(OCCCCCc3ccccc3)cc2)cc1C(=O)O. The average Bonchev–Trinajstić information content (AvgIpc) is 2.86. The van der Waals surface area contributed by atoms with Crippen LogP contribution in [0.25, 0.3) is 0 Å². The number of carbonyl (C=O) groups excluding carboxylic acids is 1. The van der Waals surface area contributed by atoms with Crippen LogP contribution in [0.5, 0.6) is 5.75 Å². The van der Waals surface area contributed by atoms with Crippen LogP contribution in [0.2, 0.25) is 0 Å². The number of nitrogens with one attached hydrogen (secondary N) is 1. The Hall–Kier alpha value is -3.80. The predicted octanol–water partition coefficient (Wildman–Crippen LogP) is 5.81. The zero-order valence-electron chi connectivity index (χ0n) is 20.5. The van der Waals surface area contributed by atoms with Crippen molar-refractivity contribution in [1.82, 2.24) is 0 Å². The van der Waals surface area contributed by atoms with Gasteiger partial charge in [-0.25, -0.2) is 4.79 Å². The van der Waals surface area contributed by atoms with Crippen molar-refractivity contribution < 1.29 is 19.4 Å². The summed E-state index contributed by atoms with van der Waals surface area (Å²) < 4.78 is 5.84. The van der Waals surface area contributed by atoms with E-state index in [0.29, 0.717) is 30.8 Å². The van der Waals surface area contributed by atoms with Gasteiger partial charge >= 0.3 is 5.97 Å². The molecule has 184 valence electrons. The largest absolute Gasteiger partial charge is 0.494 e. The fourth-order valence-corrected chi connectivity index (χ4v) is 3.85. The molecule has 0 aliphatic heterocycles. The molecular weight excluding hydrogens is 440 g/mol. The molecule has 0 atom stereocenters. The zero-order valence-corrected chi connectivity index (χ0v) is 20.5. The molecule has 0 radical (unpaired) electrons. The summed E-state index contributed by atoms with van der Waals surface area (Å²) in [6, 6.07) is 23.3. The Balaban J connectivity index is 1.37. The number of benzene rings is 3. The number of hydrogen-bond donors (Lipinski definition) is 2. The van der Waals surface area contributed by atoms with Gasteiger partial charge in [-0.15, -0.1) is 0 Å². The number of amides is 1. The second-order valence-electron chi connectivity index (χ2n) is 8.77. The molecule has 0 unspecified atom stereocenters. The molecule has 0 heterocycles. The molecule has 2 N–H and O–H groups in total. The number of anilines is 2. The van der Waals surface area contributed by atoms with E-state index in [1.165, 1.54) is 11.6 Å². The lowest BCUT2D eigenvalue weighted by molar-refractivity contribution is -0.116. The summed E-state index contributed by atoms with van der Waals surface area (Å²) in [5.74, 6) is -0.350. The van der Waals surface area contributed by atoms with Crippen LogP contribution < -0.4 is 15.0 Å². The first-order valence-electron chi connectivity index (χ1n) is 12.0. The van der Waals surface area contributed by atoms with Crippen molar-refractivity contribution >= 4 is 23.3 Å². The molecule has 3 rings (SSSR count). The van der Waals surface area contributed by atoms with Crippen LogP contribution in [0.1, 0.15) is 47.2 Å². The van der Waals surface area contributed by atoms with Gasteiger partial charge in [0.05, 0.1) is 17.9 Å². The highest BCUT2D eigenvalue weighted by Crippen LogP contribution is 2.23. The summed E-state index contributed by atoms with van der Waals surface area (Å²) >= 11 is 0. The lowest BCUT2D eigenvalue weighted by Gasteiger charge is -2.16. The van der Waals surface area contributed by atoms with Crippen LogP contribution in [0, 0.1) is 0 Å². The molecule has 6 heteroatoms. The Morgan fingerprint density at radius 3 is 2.26 bits per heavy atom. The van der Waals surface area contributed by atoms with Crippen LogP contribution in [0.3, 0.4) is 0 Å². The monoisotopic (exact) mass is 474 g/mol. The third-order valence-corrected chi connectivity index (χ3v) is 5.78. The molecule has 6 nitrogen and oxygen atoms in total. The lowest BCUT2D eigenvalue weighted by Crippen LogP contribution is -2.16. The van der Waals surface area contributed by atoms with E-state index in [4.69, 9.17) is 4.74 Å². The van der Waals surface area contributed by atoms with Gasteiger partial charge in [0.25, 0.3) is 0 Å². The van der Waals surface area contributed by atoms with E-state index in [-0.39, 0.29) is 11.5 Å². The molecule has 3 aromatic carbocycles. The highest BCUT2D eigenvalue weighted by molar-refractivity contribution is 5.98. The van der Waals surface area contributed by atoms with Crippen molar-refractivity contribution in [2.45, 2.75) is 38.5 Å². The van der Waals surface area contributed by atoms with Crippen molar-refractivity contribution in [3.63, 3.8) is 0 Å². The van der Waals surface area contributed by atoms with Crippen LogP contribution >= 0.6 is 0 Å². The van der Waals surface area contributed by atoms with Crippen molar-refractivity contribution in [2.24, 2.45) is 0 Å². The minimum Gasteiger partial charge on any atom is -0.494 e. The van der Waals surface area contributed by atoms with Gasteiger partial charge in [-0.2, -0.15) is 0 Å². The first-order chi connectivity index (χ1) is 16.9. The second-order valence-corrected chi connectivity index (χ2v) is 8.77. The van der Waals surface area contributed by atoms with Crippen LogP contribution in [-0.4, -0.2) is 37.7 Å². The Labute approximate surface area is 207 Å². The van der Waals surface area contributed by atoms with Gasteiger partial charge in [-0.1, -0.05) is 42.5 Å². The van der Waals surface area contributed by atoms with Gasteiger partial charge in [0.15, 0.2) is 0 Å². The molecular formula is C29H34N2O4. The molecule has 0 saturated carbocycles. The van der Waals surface area contributed by atoms with Gasteiger partial charge in [0, 0.05) is 26.2 Å². The molecule has 0 spiro atoms. The summed E-state index contributed by atoms with van der Waals surface area (Å²) in [5, 5.41) is 12.2. The third-order valence-electron chi connectivity index (χ3n) is 5.78. The van der Waals surface area contributed by atoms with Crippen molar-refractivity contribution in [1.29, 1.82) is 0 Å². The number of carboxylic acid groups (broad SMARTS) is 1. The summed E-state index contributed by atoms with van der Waals surface area (Å²) in [7, 11) is 3.56.